The van der Waals surface area contributed by atoms with Crippen molar-refractivity contribution in [3.8, 4) is 0 Å². The molecule has 2 N–H and O–H groups in total. The van der Waals surface area contributed by atoms with Crippen LogP contribution in [0.5, 0.6) is 0 Å². The van der Waals surface area contributed by atoms with Crippen LogP contribution in [0.15, 0.2) is 0 Å². The van der Waals surface area contributed by atoms with E-state index in [4.69, 9.17) is 15.2 Å². The van der Waals surface area contributed by atoms with E-state index in [-0.39, 0.29) is 12.1 Å². The molecular formula is C12H23NO3. The minimum atomic E-state index is -0.567. The standard InChI is InChI=1S/C12H23NO3/c1-12(2,3)16-11(14)10(13)8-9-6-4-5-7-15-9/h9-10H,4-8,13H2,1-3H3. The van der Waals surface area contributed by atoms with Crippen LogP contribution in [-0.2, 0) is 14.3 Å². The molecule has 1 heterocycles. The average Bonchev–Trinajstić information content (AvgIpc) is 2.16. The van der Waals surface area contributed by atoms with Crippen molar-refractivity contribution in [3.05, 3.63) is 0 Å². The summed E-state index contributed by atoms with van der Waals surface area (Å²) in [5, 5.41) is 0. The Morgan fingerprint density at radius 2 is 2.19 bits per heavy atom. The Labute approximate surface area is 97.5 Å². The van der Waals surface area contributed by atoms with Gasteiger partial charge in [-0.3, -0.25) is 4.79 Å². The third-order valence-electron chi connectivity index (χ3n) is 2.50. The second-order valence-electron chi connectivity index (χ2n) is 5.36. The van der Waals surface area contributed by atoms with Gasteiger partial charge in [0.1, 0.15) is 11.6 Å². The van der Waals surface area contributed by atoms with E-state index in [1.807, 2.05) is 20.8 Å². The predicted molar refractivity (Wildman–Crippen MR) is 62.0 cm³/mol. The molecule has 94 valence electrons. The maximum absolute atomic E-state index is 11.6. The Morgan fingerprint density at radius 3 is 2.69 bits per heavy atom. The monoisotopic (exact) mass is 229 g/mol. The van der Waals surface area contributed by atoms with E-state index in [9.17, 15) is 4.79 Å². The number of esters is 1. The number of nitrogens with two attached hydrogens (primary N) is 1. The Kier molecular flexibility index (Phi) is 4.74. The van der Waals surface area contributed by atoms with Gasteiger partial charge in [-0.25, -0.2) is 0 Å². The van der Waals surface area contributed by atoms with Crippen LogP contribution in [0.25, 0.3) is 0 Å². The van der Waals surface area contributed by atoms with Crippen molar-refractivity contribution in [3.63, 3.8) is 0 Å². The van der Waals surface area contributed by atoms with Crippen molar-refractivity contribution < 1.29 is 14.3 Å². The van der Waals surface area contributed by atoms with E-state index in [1.54, 1.807) is 0 Å². The van der Waals surface area contributed by atoms with E-state index < -0.39 is 11.6 Å². The fourth-order valence-electron chi connectivity index (χ4n) is 1.75. The van der Waals surface area contributed by atoms with Crippen LogP contribution in [0.2, 0.25) is 0 Å². The molecule has 1 aliphatic rings. The topological polar surface area (TPSA) is 61.5 Å². The summed E-state index contributed by atoms with van der Waals surface area (Å²) in [6.45, 7) is 6.31. The van der Waals surface area contributed by atoms with Crippen LogP contribution in [0.1, 0.15) is 46.5 Å². The first-order valence-corrected chi connectivity index (χ1v) is 5.98. The highest BCUT2D eigenvalue weighted by molar-refractivity contribution is 5.75. The molecule has 4 heteroatoms. The Morgan fingerprint density at radius 1 is 1.50 bits per heavy atom. The van der Waals surface area contributed by atoms with E-state index in [2.05, 4.69) is 0 Å². The largest absolute Gasteiger partial charge is 0.459 e. The molecule has 1 fully saturated rings. The molecule has 4 nitrogen and oxygen atoms in total. The lowest BCUT2D eigenvalue weighted by Gasteiger charge is -2.26. The van der Waals surface area contributed by atoms with Crippen molar-refractivity contribution in [2.75, 3.05) is 6.61 Å². The van der Waals surface area contributed by atoms with Crippen LogP contribution < -0.4 is 5.73 Å². The van der Waals surface area contributed by atoms with E-state index >= 15 is 0 Å². The zero-order valence-electron chi connectivity index (χ0n) is 10.5. The van der Waals surface area contributed by atoms with Gasteiger partial charge in [0.15, 0.2) is 0 Å². The van der Waals surface area contributed by atoms with Crippen molar-refractivity contribution in [2.45, 2.75) is 64.2 Å². The Balaban J connectivity index is 2.33. The van der Waals surface area contributed by atoms with Crippen LogP contribution in [0.3, 0.4) is 0 Å². The molecule has 16 heavy (non-hydrogen) atoms. The summed E-state index contributed by atoms with van der Waals surface area (Å²) >= 11 is 0. The summed E-state index contributed by atoms with van der Waals surface area (Å²) in [5.74, 6) is -0.332. The highest BCUT2D eigenvalue weighted by Gasteiger charge is 2.26. The maximum Gasteiger partial charge on any atom is 0.323 e. The molecule has 0 aromatic rings. The van der Waals surface area contributed by atoms with E-state index in [0.29, 0.717) is 6.42 Å². The number of ether oxygens (including phenoxy) is 2. The summed E-state index contributed by atoms with van der Waals surface area (Å²) in [6, 6.07) is -0.567. The molecule has 0 saturated carbocycles. The average molecular weight is 229 g/mol. The van der Waals surface area contributed by atoms with Gasteiger partial charge in [-0.05, 0) is 46.5 Å². The number of carbonyl (C=O) groups excluding carboxylic acids is 1. The fraction of sp³-hybridized carbons (Fsp3) is 0.917. The lowest BCUT2D eigenvalue weighted by atomic mass is 10.0. The first-order valence-electron chi connectivity index (χ1n) is 5.98. The smallest absolute Gasteiger partial charge is 0.323 e. The third-order valence-corrected chi connectivity index (χ3v) is 2.50. The molecule has 1 aliphatic heterocycles. The van der Waals surface area contributed by atoms with Crippen molar-refractivity contribution in [2.24, 2.45) is 5.73 Å². The van der Waals surface area contributed by atoms with Gasteiger partial charge in [0, 0.05) is 6.61 Å². The van der Waals surface area contributed by atoms with Crippen molar-refractivity contribution in [1.29, 1.82) is 0 Å². The van der Waals surface area contributed by atoms with Gasteiger partial charge in [0.05, 0.1) is 6.10 Å². The molecule has 0 spiro atoms. The molecular weight excluding hydrogens is 206 g/mol. The highest BCUT2D eigenvalue weighted by atomic mass is 16.6. The number of hydrogen-bond acceptors (Lipinski definition) is 4. The van der Waals surface area contributed by atoms with E-state index in [1.165, 1.54) is 0 Å². The maximum atomic E-state index is 11.6. The molecule has 0 amide bonds. The third kappa shape index (κ3) is 4.94. The molecule has 1 rings (SSSR count). The van der Waals surface area contributed by atoms with Crippen LogP contribution in [0, 0.1) is 0 Å². The lowest BCUT2D eigenvalue weighted by Crippen LogP contribution is -2.40. The second kappa shape index (κ2) is 5.64. The highest BCUT2D eigenvalue weighted by Crippen LogP contribution is 2.18. The first kappa shape index (κ1) is 13.5. The number of hydrogen-bond donors (Lipinski definition) is 1. The predicted octanol–water partition coefficient (Wildman–Crippen LogP) is 1.61. The summed E-state index contributed by atoms with van der Waals surface area (Å²) in [5.41, 5.74) is 5.33. The van der Waals surface area contributed by atoms with Crippen LogP contribution in [0.4, 0.5) is 0 Å². The molecule has 0 bridgehead atoms. The van der Waals surface area contributed by atoms with Crippen LogP contribution >= 0.6 is 0 Å². The second-order valence-corrected chi connectivity index (χ2v) is 5.36. The number of carbonyl (C=O) groups is 1. The molecule has 0 radical (unpaired) electrons. The SMILES string of the molecule is CC(C)(C)OC(=O)C(N)CC1CCCCO1. The molecule has 2 unspecified atom stereocenters. The Hall–Kier alpha value is -0.610. The first-order chi connectivity index (χ1) is 7.38. The molecule has 0 aromatic heterocycles. The molecule has 1 saturated heterocycles. The van der Waals surface area contributed by atoms with Crippen molar-refractivity contribution >= 4 is 5.97 Å². The van der Waals surface area contributed by atoms with E-state index in [0.717, 1.165) is 25.9 Å². The minimum Gasteiger partial charge on any atom is -0.459 e. The minimum absolute atomic E-state index is 0.122. The van der Waals surface area contributed by atoms with Crippen molar-refractivity contribution in [1.82, 2.24) is 0 Å². The molecule has 0 aliphatic carbocycles. The summed E-state index contributed by atoms with van der Waals surface area (Å²) in [7, 11) is 0. The normalized spacial score (nSPS) is 23.9. The summed E-state index contributed by atoms with van der Waals surface area (Å²) < 4.78 is 10.8. The van der Waals surface area contributed by atoms with Gasteiger partial charge < -0.3 is 15.2 Å². The zero-order valence-corrected chi connectivity index (χ0v) is 10.5. The fourth-order valence-corrected chi connectivity index (χ4v) is 1.75. The zero-order chi connectivity index (χ0) is 12.2. The van der Waals surface area contributed by atoms with Gasteiger partial charge in [-0.1, -0.05) is 0 Å². The summed E-state index contributed by atoms with van der Waals surface area (Å²) in [6.07, 6.45) is 3.95. The van der Waals surface area contributed by atoms with Gasteiger partial charge in [-0.15, -0.1) is 0 Å². The molecule has 0 aromatic carbocycles. The Bertz CT molecular complexity index is 229. The van der Waals surface area contributed by atoms with Gasteiger partial charge in [0.2, 0.25) is 0 Å². The lowest BCUT2D eigenvalue weighted by molar-refractivity contribution is -0.157. The van der Waals surface area contributed by atoms with Crippen LogP contribution in [-0.4, -0.2) is 30.3 Å². The van der Waals surface area contributed by atoms with Gasteiger partial charge >= 0.3 is 5.97 Å². The van der Waals surface area contributed by atoms with Gasteiger partial charge in [0.25, 0.3) is 0 Å². The quantitative estimate of drug-likeness (QED) is 0.747. The summed E-state index contributed by atoms with van der Waals surface area (Å²) in [4.78, 5) is 11.6. The number of rotatable bonds is 3. The van der Waals surface area contributed by atoms with Gasteiger partial charge in [-0.2, -0.15) is 0 Å². The molecule has 2 atom stereocenters.